The third-order valence-electron chi connectivity index (χ3n) is 5.23. The fourth-order valence-corrected chi connectivity index (χ4v) is 3.41. The standard InChI is InChI=1S/C25H26N2O4/c26-21-14-13-20(16-19(21)12-11-18-8-4-5-9-23(18)28)24(29)27-22(25(30)31)15-10-17-6-2-1-3-7-17/h1-9,13-14,16,22,28H,10-12,15,26H2,(H,27,29)(H,30,31). The summed E-state index contributed by atoms with van der Waals surface area (Å²) in [5.74, 6) is -1.30. The van der Waals surface area contributed by atoms with E-state index in [1.165, 1.54) is 0 Å². The summed E-state index contributed by atoms with van der Waals surface area (Å²) in [6, 6.07) is 20.6. The summed E-state index contributed by atoms with van der Waals surface area (Å²) in [6.07, 6.45) is 1.95. The number of carboxylic acids is 1. The molecule has 0 aliphatic heterocycles. The largest absolute Gasteiger partial charge is 0.508 e. The maximum absolute atomic E-state index is 12.7. The third kappa shape index (κ3) is 6.09. The van der Waals surface area contributed by atoms with E-state index >= 15 is 0 Å². The van der Waals surface area contributed by atoms with Crippen LogP contribution in [0.5, 0.6) is 5.75 Å². The van der Waals surface area contributed by atoms with Gasteiger partial charge in [0, 0.05) is 11.3 Å². The van der Waals surface area contributed by atoms with E-state index in [1.807, 2.05) is 42.5 Å². The van der Waals surface area contributed by atoms with Gasteiger partial charge in [-0.2, -0.15) is 0 Å². The number of nitrogens with one attached hydrogen (secondary N) is 1. The highest BCUT2D eigenvalue weighted by Gasteiger charge is 2.21. The summed E-state index contributed by atoms with van der Waals surface area (Å²) in [7, 11) is 0. The summed E-state index contributed by atoms with van der Waals surface area (Å²) in [5.41, 5.74) is 9.55. The molecule has 3 rings (SSSR count). The van der Waals surface area contributed by atoms with Crippen LogP contribution in [-0.2, 0) is 24.1 Å². The topological polar surface area (TPSA) is 113 Å². The van der Waals surface area contributed by atoms with E-state index < -0.39 is 17.9 Å². The van der Waals surface area contributed by atoms with Crippen molar-refractivity contribution in [1.82, 2.24) is 5.32 Å². The lowest BCUT2D eigenvalue weighted by Gasteiger charge is -2.15. The van der Waals surface area contributed by atoms with Gasteiger partial charge in [-0.05, 0) is 66.6 Å². The molecule has 0 radical (unpaired) electrons. The molecule has 0 saturated carbocycles. The second kappa shape index (κ2) is 10.3. The van der Waals surface area contributed by atoms with Gasteiger partial charge >= 0.3 is 5.97 Å². The molecule has 0 aliphatic rings. The predicted molar refractivity (Wildman–Crippen MR) is 120 cm³/mol. The highest BCUT2D eigenvalue weighted by atomic mass is 16.4. The lowest BCUT2D eigenvalue weighted by molar-refractivity contribution is -0.139. The van der Waals surface area contributed by atoms with E-state index in [9.17, 15) is 19.8 Å². The first-order valence-corrected chi connectivity index (χ1v) is 10.2. The van der Waals surface area contributed by atoms with E-state index in [0.717, 1.165) is 16.7 Å². The van der Waals surface area contributed by atoms with Crippen LogP contribution in [0.1, 0.15) is 33.5 Å². The number of benzene rings is 3. The number of amides is 1. The zero-order valence-electron chi connectivity index (χ0n) is 17.1. The molecule has 0 bridgehead atoms. The van der Waals surface area contributed by atoms with Gasteiger partial charge < -0.3 is 21.3 Å². The molecule has 0 aromatic heterocycles. The normalized spacial score (nSPS) is 11.6. The van der Waals surface area contributed by atoms with Gasteiger partial charge in [-0.15, -0.1) is 0 Å². The molecule has 6 nitrogen and oxygen atoms in total. The number of carbonyl (C=O) groups is 2. The summed E-state index contributed by atoms with van der Waals surface area (Å²) >= 11 is 0. The molecule has 0 heterocycles. The SMILES string of the molecule is Nc1ccc(C(=O)NC(CCc2ccccc2)C(=O)O)cc1CCc1ccccc1O. The second-order valence-corrected chi connectivity index (χ2v) is 7.43. The Balaban J connectivity index is 1.66. The van der Waals surface area contributed by atoms with E-state index in [1.54, 1.807) is 30.3 Å². The zero-order valence-corrected chi connectivity index (χ0v) is 17.1. The molecule has 1 unspecified atom stereocenters. The number of rotatable bonds is 9. The first kappa shape index (κ1) is 21.9. The number of anilines is 1. The Labute approximate surface area is 181 Å². The minimum absolute atomic E-state index is 0.220. The van der Waals surface area contributed by atoms with Crippen LogP contribution in [0, 0.1) is 0 Å². The molecular weight excluding hydrogens is 392 g/mol. The molecule has 0 spiro atoms. The first-order chi connectivity index (χ1) is 14.9. The van der Waals surface area contributed by atoms with Gasteiger partial charge in [-0.25, -0.2) is 4.79 Å². The molecule has 160 valence electrons. The van der Waals surface area contributed by atoms with Gasteiger partial charge in [0.1, 0.15) is 11.8 Å². The van der Waals surface area contributed by atoms with Crippen molar-refractivity contribution in [2.24, 2.45) is 0 Å². The molecular formula is C25H26N2O4. The van der Waals surface area contributed by atoms with Gasteiger partial charge in [-0.3, -0.25) is 4.79 Å². The number of phenolic OH excluding ortho intramolecular Hbond substituents is 1. The van der Waals surface area contributed by atoms with Crippen molar-refractivity contribution in [2.45, 2.75) is 31.7 Å². The Hall–Kier alpha value is -3.80. The van der Waals surface area contributed by atoms with Crippen molar-refractivity contribution in [2.75, 3.05) is 5.73 Å². The number of aryl methyl sites for hydroxylation is 3. The van der Waals surface area contributed by atoms with Crippen LogP contribution in [0.15, 0.2) is 72.8 Å². The van der Waals surface area contributed by atoms with Gasteiger partial charge in [0.25, 0.3) is 5.91 Å². The van der Waals surface area contributed by atoms with E-state index in [2.05, 4.69) is 5.32 Å². The van der Waals surface area contributed by atoms with Crippen LogP contribution < -0.4 is 11.1 Å². The molecule has 0 fully saturated rings. The lowest BCUT2D eigenvalue weighted by Crippen LogP contribution is -2.41. The van der Waals surface area contributed by atoms with Gasteiger partial charge in [-0.1, -0.05) is 48.5 Å². The molecule has 1 amide bonds. The number of nitrogens with two attached hydrogens (primary N) is 1. The fourth-order valence-electron chi connectivity index (χ4n) is 3.41. The summed E-state index contributed by atoms with van der Waals surface area (Å²) in [6.45, 7) is 0. The van der Waals surface area contributed by atoms with Gasteiger partial charge in [0.05, 0.1) is 0 Å². The molecule has 6 heteroatoms. The molecule has 3 aromatic rings. The number of carboxylic acid groups (broad SMARTS) is 1. The molecule has 0 aliphatic carbocycles. The highest BCUT2D eigenvalue weighted by Crippen LogP contribution is 2.21. The molecule has 0 saturated heterocycles. The molecule has 31 heavy (non-hydrogen) atoms. The van der Waals surface area contributed by atoms with Crippen molar-refractivity contribution in [3.8, 4) is 5.75 Å². The quantitative estimate of drug-likeness (QED) is 0.397. The number of carbonyl (C=O) groups excluding carboxylic acids is 1. The van der Waals surface area contributed by atoms with Crippen LogP contribution in [-0.4, -0.2) is 28.1 Å². The zero-order chi connectivity index (χ0) is 22.2. The van der Waals surface area contributed by atoms with Crippen LogP contribution >= 0.6 is 0 Å². The first-order valence-electron chi connectivity index (χ1n) is 10.2. The predicted octanol–water partition coefficient (Wildman–Crippen LogP) is 3.58. The van der Waals surface area contributed by atoms with Crippen molar-refractivity contribution in [1.29, 1.82) is 0 Å². The summed E-state index contributed by atoms with van der Waals surface area (Å²) in [5, 5.41) is 22.1. The van der Waals surface area contributed by atoms with Crippen LogP contribution in [0.2, 0.25) is 0 Å². The van der Waals surface area contributed by atoms with Crippen LogP contribution in [0.4, 0.5) is 5.69 Å². The Bertz CT molecular complexity index is 1050. The maximum atomic E-state index is 12.7. The number of aromatic hydroxyl groups is 1. The smallest absolute Gasteiger partial charge is 0.326 e. The highest BCUT2D eigenvalue weighted by molar-refractivity contribution is 5.97. The molecule has 1 atom stereocenters. The number of para-hydroxylation sites is 1. The lowest BCUT2D eigenvalue weighted by atomic mass is 9.99. The summed E-state index contributed by atoms with van der Waals surface area (Å²) < 4.78 is 0. The average molecular weight is 418 g/mol. The number of phenols is 1. The second-order valence-electron chi connectivity index (χ2n) is 7.43. The van der Waals surface area contributed by atoms with Gasteiger partial charge in [0.2, 0.25) is 0 Å². The third-order valence-corrected chi connectivity index (χ3v) is 5.23. The van der Waals surface area contributed by atoms with E-state index in [4.69, 9.17) is 5.73 Å². The van der Waals surface area contributed by atoms with Crippen molar-refractivity contribution >= 4 is 17.6 Å². The van der Waals surface area contributed by atoms with Crippen molar-refractivity contribution in [3.05, 3.63) is 95.1 Å². The maximum Gasteiger partial charge on any atom is 0.326 e. The van der Waals surface area contributed by atoms with Gasteiger partial charge in [0.15, 0.2) is 0 Å². The Morgan fingerprint density at radius 2 is 1.55 bits per heavy atom. The minimum atomic E-state index is -1.07. The number of aliphatic carboxylic acids is 1. The van der Waals surface area contributed by atoms with E-state index in [0.29, 0.717) is 36.9 Å². The molecule has 3 aromatic carbocycles. The van der Waals surface area contributed by atoms with Crippen LogP contribution in [0.3, 0.4) is 0 Å². The Kier molecular flexibility index (Phi) is 7.27. The number of hydrogen-bond donors (Lipinski definition) is 4. The van der Waals surface area contributed by atoms with E-state index in [-0.39, 0.29) is 5.75 Å². The van der Waals surface area contributed by atoms with Crippen LogP contribution in [0.25, 0.3) is 0 Å². The minimum Gasteiger partial charge on any atom is -0.508 e. The summed E-state index contributed by atoms with van der Waals surface area (Å²) in [4.78, 5) is 24.3. The number of hydrogen-bond acceptors (Lipinski definition) is 4. The average Bonchev–Trinajstić information content (AvgIpc) is 2.77. The Morgan fingerprint density at radius 1 is 0.871 bits per heavy atom. The fraction of sp³-hybridized carbons (Fsp3) is 0.200. The molecule has 5 N–H and O–H groups in total. The number of nitrogen functional groups attached to an aromatic ring is 1. The van der Waals surface area contributed by atoms with Crippen molar-refractivity contribution < 1.29 is 19.8 Å². The van der Waals surface area contributed by atoms with Crippen molar-refractivity contribution in [3.63, 3.8) is 0 Å². The Morgan fingerprint density at radius 3 is 2.26 bits per heavy atom. The monoisotopic (exact) mass is 418 g/mol.